The molecular formula is C24H42O21. The van der Waals surface area contributed by atoms with Crippen LogP contribution in [0.3, 0.4) is 0 Å². The first-order valence-corrected chi connectivity index (χ1v) is 14.0. The second-order valence-corrected chi connectivity index (χ2v) is 11.2. The highest BCUT2D eigenvalue weighted by Gasteiger charge is 2.64. The maximum atomic E-state index is 11.1. The van der Waals surface area contributed by atoms with Crippen LogP contribution in [0.25, 0.3) is 0 Å². The third-order valence-electron chi connectivity index (χ3n) is 8.37. The van der Waals surface area contributed by atoms with Crippen molar-refractivity contribution < 1.29 is 105 Å². The summed E-state index contributed by atoms with van der Waals surface area (Å²) in [5.74, 6) is -5.20. The molecular weight excluding hydrogens is 624 g/mol. The van der Waals surface area contributed by atoms with Gasteiger partial charge in [-0.3, -0.25) is 0 Å². The largest absolute Gasteiger partial charge is 0.394 e. The molecule has 264 valence electrons. The zero-order chi connectivity index (χ0) is 33.4. The first kappa shape index (κ1) is 37.0. The molecule has 4 fully saturated rings. The van der Waals surface area contributed by atoms with Crippen molar-refractivity contribution in [2.45, 2.75) is 110 Å². The smallest absolute Gasteiger partial charge is 0.224 e. The third-order valence-corrected chi connectivity index (χ3v) is 8.37. The topological polar surface area (TPSA) is 348 Å². The maximum absolute atomic E-state index is 11.1. The van der Waals surface area contributed by atoms with E-state index in [0.717, 1.165) is 0 Å². The minimum absolute atomic E-state index is 0.833. The molecule has 4 aliphatic rings. The Hall–Kier alpha value is -0.840. The molecule has 4 aliphatic heterocycles. The lowest BCUT2D eigenvalue weighted by molar-refractivity contribution is -0.413. The van der Waals surface area contributed by atoms with Crippen molar-refractivity contribution in [3.8, 4) is 0 Å². The van der Waals surface area contributed by atoms with Gasteiger partial charge in [-0.05, 0) is 0 Å². The Morgan fingerprint density at radius 3 is 1.44 bits per heavy atom. The highest BCUT2D eigenvalue weighted by Crippen LogP contribution is 2.42. The lowest BCUT2D eigenvalue weighted by Crippen LogP contribution is -2.65. The average molecular weight is 667 g/mol. The van der Waals surface area contributed by atoms with Gasteiger partial charge in [0, 0.05) is 0 Å². The molecule has 4 rings (SSSR count). The van der Waals surface area contributed by atoms with Crippen molar-refractivity contribution in [2.24, 2.45) is 0 Å². The van der Waals surface area contributed by atoms with Gasteiger partial charge in [-0.2, -0.15) is 0 Å². The Balaban J connectivity index is 1.73. The van der Waals surface area contributed by atoms with Gasteiger partial charge in [0.2, 0.25) is 11.6 Å². The highest BCUT2D eigenvalue weighted by atomic mass is 16.8. The molecule has 4 saturated heterocycles. The fourth-order valence-corrected chi connectivity index (χ4v) is 5.63. The van der Waals surface area contributed by atoms with Crippen molar-refractivity contribution in [3.63, 3.8) is 0 Å². The molecule has 21 nitrogen and oxygen atoms in total. The van der Waals surface area contributed by atoms with Crippen molar-refractivity contribution in [1.29, 1.82) is 0 Å². The van der Waals surface area contributed by atoms with Crippen LogP contribution in [0.15, 0.2) is 0 Å². The number of ether oxygens (including phenoxy) is 7. The molecule has 18 atom stereocenters. The minimum Gasteiger partial charge on any atom is -0.394 e. The highest BCUT2D eigenvalue weighted by molar-refractivity contribution is 5.03. The van der Waals surface area contributed by atoms with Crippen LogP contribution in [0.5, 0.6) is 0 Å². The van der Waals surface area contributed by atoms with Gasteiger partial charge in [0.05, 0.1) is 26.4 Å². The zero-order valence-corrected chi connectivity index (χ0v) is 23.6. The fourth-order valence-electron chi connectivity index (χ4n) is 5.63. The molecule has 0 spiro atoms. The van der Waals surface area contributed by atoms with Crippen LogP contribution in [-0.4, -0.2) is 221 Å². The number of rotatable bonds is 12. The lowest BCUT2D eigenvalue weighted by atomic mass is 9.98. The van der Waals surface area contributed by atoms with E-state index in [9.17, 15) is 71.5 Å². The molecule has 0 aromatic heterocycles. The molecule has 0 unspecified atom stereocenters. The zero-order valence-electron chi connectivity index (χ0n) is 23.6. The molecule has 0 saturated carbocycles. The SMILES string of the molecule is OC[C@H]1O[C@@](CO)(OC[C@@]2(O[C@H]3O[C@H](CO)[C@@H](O)[C@H](O)[C@H]3O)O[C@H](CO)[C@@H](O)[C@@H]2O[C@H]2O[C@H](CO)[C@@H](O)[C@H](O)[C@H]2O)[C@@H](O)[C@@H]1O. The Morgan fingerprint density at radius 1 is 0.489 bits per heavy atom. The van der Waals surface area contributed by atoms with Gasteiger partial charge in [-0.1, -0.05) is 0 Å². The summed E-state index contributed by atoms with van der Waals surface area (Å²) in [5, 5.41) is 143. The van der Waals surface area contributed by atoms with Crippen LogP contribution >= 0.6 is 0 Å². The van der Waals surface area contributed by atoms with Gasteiger partial charge < -0.3 is 105 Å². The third kappa shape index (κ3) is 6.74. The molecule has 21 heteroatoms. The second kappa shape index (κ2) is 14.7. The molecule has 0 aliphatic carbocycles. The van der Waals surface area contributed by atoms with E-state index in [-0.39, 0.29) is 0 Å². The summed E-state index contributed by atoms with van der Waals surface area (Å²) < 4.78 is 39.0. The molecule has 0 aromatic rings. The van der Waals surface area contributed by atoms with E-state index in [1.165, 1.54) is 0 Å². The summed E-state index contributed by atoms with van der Waals surface area (Å²) in [6.45, 7) is -5.85. The van der Waals surface area contributed by atoms with E-state index >= 15 is 0 Å². The Labute approximate surface area is 254 Å². The maximum Gasteiger partial charge on any atom is 0.224 e. The van der Waals surface area contributed by atoms with Gasteiger partial charge in [0.15, 0.2) is 12.6 Å². The molecule has 14 N–H and O–H groups in total. The molecule has 0 radical (unpaired) electrons. The Morgan fingerprint density at radius 2 is 0.956 bits per heavy atom. The minimum atomic E-state index is -2.70. The van der Waals surface area contributed by atoms with E-state index in [1.54, 1.807) is 0 Å². The first-order chi connectivity index (χ1) is 21.2. The van der Waals surface area contributed by atoms with Crippen LogP contribution in [-0.2, 0) is 33.2 Å². The van der Waals surface area contributed by atoms with Crippen LogP contribution in [0, 0.1) is 0 Å². The molecule has 0 aromatic carbocycles. The Bertz CT molecular complexity index is 945. The summed E-state index contributed by atoms with van der Waals surface area (Å²) >= 11 is 0. The van der Waals surface area contributed by atoms with Gasteiger partial charge in [-0.15, -0.1) is 0 Å². The van der Waals surface area contributed by atoms with Crippen LogP contribution in [0.2, 0.25) is 0 Å². The van der Waals surface area contributed by atoms with Crippen LogP contribution < -0.4 is 0 Å². The van der Waals surface area contributed by atoms with Crippen molar-refractivity contribution in [1.82, 2.24) is 0 Å². The summed E-state index contributed by atoms with van der Waals surface area (Å²) in [7, 11) is 0. The van der Waals surface area contributed by atoms with Gasteiger partial charge in [-0.25, -0.2) is 0 Å². The van der Waals surface area contributed by atoms with E-state index in [0.29, 0.717) is 0 Å². The van der Waals surface area contributed by atoms with Crippen molar-refractivity contribution >= 4 is 0 Å². The van der Waals surface area contributed by atoms with E-state index < -0.39 is 149 Å². The monoisotopic (exact) mass is 666 g/mol. The number of aliphatic hydroxyl groups is 14. The number of hydrogen-bond acceptors (Lipinski definition) is 21. The summed E-state index contributed by atoms with van der Waals surface area (Å²) in [6, 6.07) is 0. The Kier molecular flexibility index (Phi) is 12.1. The average Bonchev–Trinajstić information content (AvgIpc) is 3.45. The standard InChI is InChI=1S/C24H42O21/c25-1-7-11(30)15(34)17(36)21(40-7)42-20-14(33)10(4-28)44-24(20,45-22-18(37)16(35)12(31)8(2-26)41-22)6-39-23(5-29)19(38)13(32)9(3-27)43-23/h7-22,25-38H,1-6H2/t7-,8-,9-,10-,11-,12-,13-,14-,15+,16+,17-,18-,19+,20+,21-,22-,23-,24+/m1/s1. The predicted molar refractivity (Wildman–Crippen MR) is 134 cm³/mol. The quantitative estimate of drug-likeness (QED) is 0.0919. The number of hydrogen-bond donors (Lipinski definition) is 14. The molecule has 45 heavy (non-hydrogen) atoms. The van der Waals surface area contributed by atoms with Gasteiger partial charge in [0.25, 0.3) is 0 Å². The second-order valence-electron chi connectivity index (χ2n) is 11.2. The van der Waals surface area contributed by atoms with Gasteiger partial charge in [0.1, 0.15) is 98.7 Å². The van der Waals surface area contributed by atoms with Crippen LogP contribution in [0.4, 0.5) is 0 Å². The summed E-state index contributed by atoms with van der Waals surface area (Å²) in [5.41, 5.74) is 0. The predicted octanol–water partition coefficient (Wildman–Crippen LogP) is -9.75. The molecule has 4 heterocycles. The van der Waals surface area contributed by atoms with Crippen LogP contribution in [0.1, 0.15) is 0 Å². The van der Waals surface area contributed by atoms with E-state index in [1.807, 2.05) is 0 Å². The first-order valence-electron chi connectivity index (χ1n) is 14.0. The molecule has 0 amide bonds. The van der Waals surface area contributed by atoms with Crippen molar-refractivity contribution in [2.75, 3.05) is 39.6 Å². The lowest BCUT2D eigenvalue weighted by Gasteiger charge is -2.46. The normalized spacial score (nSPS) is 52.4. The van der Waals surface area contributed by atoms with E-state index in [4.69, 9.17) is 33.2 Å². The fraction of sp³-hybridized carbons (Fsp3) is 1.00. The molecule has 0 bridgehead atoms. The number of aliphatic hydroxyl groups excluding tert-OH is 14. The summed E-state index contributed by atoms with van der Waals surface area (Å²) in [6.07, 6.45) is -29.7. The summed E-state index contributed by atoms with van der Waals surface area (Å²) in [4.78, 5) is 0. The van der Waals surface area contributed by atoms with E-state index in [2.05, 4.69) is 0 Å². The van der Waals surface area contributed by atoms with Gasteiger partial charge >= 0.3 is 0 Å². The van der Waals surface area contributed by atoms with Crippen molar-refractivity contribution in [3.05, 3.63) is 0 Å².